The molecular formula is C13H25ClN2O2. The van der Waals surface area contributed by atoms with E-state index >= 15 is 0 Å². The second-order valence-electron chi connectivity index (χ2n) is 5.07. The second-order valence-corrected chi connectivity index (χ2v) is 5.07. The summed E-state index contributed by atoms with van der Waals surface area (Å²) in [5.74, 6) is 0.687. The molecule has 3 atom stereocenters. The van der Waals surface area contributed by atoms with Crippen LogP contribution in [0.3, 0.4) is 0 Å². The molecule has 0 radical (unpaired) electrons. The predicted molar refractivity (Wildman–Crippen MR) is 74.0 cm³/mol. The number of carbonyl (C=O) groups is 1. The predicted octanol–water partition coefficient (Wildman–Crippen LogP) is 1.43. The largest absolute Gasteiger partial charge is 0.465 e. The fraction of sp³-hybridized carbons (Fsp3) is 0.923. The van der Waals surface area contributed by atoms with Gasteiger partial charge in [-0.25, -0.2) is 0 Å². The first-order valence-corrected chi connectivity index (χ1v) is 6.90. The second kappa shape index (κ2) is 7.31. The van der Waals surface area contributed by atoms with Crippen LogP contribution in [-0.2, 0) is 9.53 Å². The van der Waals surface area contributed by atoms with Gasteiger partial charge in [0.2, 0.25) is 0 Å². The molecule has 0 aromatic heterocycles. The number of likely N-dealkylation sites (tertiary alicyclic amines) is 1. The van der Waals surface area contributed by atoms with Gasteiger partial charge in [-0.3, -0.25) is 9.69 Å². The van der Waals surface area contributed by atoms with E-state index in [0.717, 1.165) is 32.0 Å². The van der Waals surface area contributed by atoms with Crippen LogP contribution >= 0.6 is 12.4 Å². The lowest BCUT2D eigenvalue weighted by Gasteiger charge is -2.38. The quantitative estimate of drug-likeness (QED) is 0.789. The minimum atomic E-state index is -0.0422. The molecule has 0 spiro atoms. The van der Waals surface area contributed by atoms with Gasteiger partial charge in [0.1, 0.15) is 6.04 Å². The molecule has 0 aromatic rings. The SMILES string of the molecule is CCOC(=O)C(CC)N1CCC2NCCC2C1.Cl. The molecule has 18 heavy (non-hydrogen) atoms. The Morgan fingerprint density at radius 3 is 2.89 bits per heavy atom. The number of fused-ring (bicyclic) bond motifs is 1. The molecule has 4 nitrogen and oxygen atoms in total. The van der Waals surface area contributed by atoms with Gasteiger partial charge in [0, 0.05) is 19.1 Å². The van der Waals surface area contributed by atoms with Crippen molar-refractivity contribution >= 4 is 18.4 Å². The van der Waals surface area contributed by atoms with Crippen molar-refractivity contribution in [3.05, 3.63) is 0 Å². The number of halogens is 1. The molecule has 0 amide bonds. The summed E-state index contributed by atoms with van der Waals surface area (Å²) in [6, 6.07) is 0.655. The monoisotopic (exact) mass is 276 g/mol. The summed E-state index contributed by atoms with van der Waals surface area (Å²) < 4.78 is 5.16. The highest BCUT2D eigenvalue weighted by molar-refractivity contribution is 5.85. The molecule has 2 rings (SSSR count). The molecule has 2 fully saturated rings. The van der Waals surface area contributed by atoms with Gasteiger partial charge in [0.15, 0.2) is 0 Å². The normalized spacial score (nSPS) is 29.2. The lowest BCUT2D eigenvalue weighted by Crippen LogP contribution is -2.51. The minimum absolute atomic E-state index is 0. The number of rotatable bonds is 4. The molecule has 2 aliphatic heterocycles. The zero-order valence-corrected chi connectivity index (χ0v) is 12.2. The smallest absolute Gasteiger partial charge is 0.323 e. The number of piperidine rings is 1. The standard InChI is InChI=1S/C13H24N2O2.ClH/c1-3-12(13(16)17-4-2)15-8-6-11-10(9-15)5-7-14-11;/h10-12,14H,3-9H2,1-2H3;1H. The van der Waals surface area contributed by atoms with Crippen LogP contribution in [0.25, 0.3) is 0 Å². The van der Waals surface area contributed by atoms with E-state index in [2.05, 4.69) is 17.1 Å². The van der Waals surface area contributed by atoms with Crippen LogP contribution in [0.5, 0.6) is 0 Å². The lowest BCUT2D eigenvalue weighted by atomic mass is 9.92. The fourth-order valence-electron chi connectivity index (χ4n) is 3.17. The third-order valence-electron chi connectivity index (χ3n) is 4.07. The van der Waals surface area contributed by atoms with Crippen LogP contribution in [0.1, 0.15) is 33.1 Å². The molecule has 0 aromatic carbocycles. The van der Waals surface area contributed by atoms with Crippen molar-refractivity contribution in [3.8, 4) is 0 Å². The van der Waals surface area contributed by atoms with Crippen molar-refractivity contribution in [3.63, 3.8) is 0 Å². The highest BCUT2D eigenvalue weighted by atomic mass is 35.5. The number of ether oxygens (including phenoxy) is 1. The molecule has 106 valence electrons. The molecule has 2 aliphatic rings. The van der Waals surface area contributed by atoms with Crippen molar-refractivity contribution in [1.82, 2.24) is 10.2 Å². The molecule has 2 heterocycles. The van der Waals surface area contributed by atoms with Gasteiger partial charge in [-0.05, 0) is 38.6 Å². The Morgan fingerprint density at radius 1 is 1.44 bits per heavy atom. The zero-order chi connectivity index (χ0) is 12.3. The summed E-state index contributed by atoms with van der Waals surface area (Å²) in [6.07, 6.45) is 3.27. The van der Waals surface area contributed by atoms with E-state index in [1.165, 1.54) is 12.8 Å². The first kappa shape index (κ1) is 15.7. The summed E-state index contributed by atoms with van der Waals surface area (Å²) in [5.41, 5.74) is 0. The first-order chi connectivity index (χ1) is 8.26. The summed E-state index contributed by atoms with van der Waals surface area (Å²) in [6.45, 7) is 7.63. The van der Waals surface area contributed by atoms with Crippen LogP contribution in [0, 0.1) is 5.92 Å². The molecule has 3 unspecified atom stereocenters. The summed E-state index contributed by atoms with van der Waals surface area (Å²) in [4.78, 5) is 14.2. The Labute approximate surface area is 116 Å². The zero-order valence-electron chi connectivity index (χ0n) is 11.4. The van der Waals surface area contributed by atoms with E-state index in [9.17, 15) is 4.79 Å². The third kappa shape index (κ3) is 3.37. The van der Waals surface area contributed by atoms with Crippen molar-refractivity contribution in [1.29, 1.82) is 0 Å². The first-order valence-electron chi connectivity index (χ1n) is 6.90. The van der Waals surface area contributed by atoms with E-state index in [1.54, 1.807) is 0 Å². The average molecular weight is 277 g/mol. The van der Waals surface area contributed by atoms with E-state index in [4.69, 9.17) is 4.74 Å². The van der Waals surface area contributed by atoms with E-state index in [1.807, 2.05) is 6.92 Å². The molecule has 5 heteroatoms. The Bertz CT molecular complexity index is 276. The third-order valence-corrected chi connectivity index (χ3v) is 4.07. The molecule has 0 bridgehead atoms. The fourth-order valence-corrected chi connectivity index (χ4v) is 3.17. The van der Waals surface area contributed by atoms with Gasteiger partial charge >= 0.3 is 5.97 Å². The number of hydrogen-bond donors (Lipinski definition) is 1. The Balaban J connectivity index is 0.00000162. The average Bonchev–Trinajstić information content (AvgIpc) is 2.77. The van der Waals surface area contributed by atoms with Crippen LogP contribution < -0.4 is 5.32 Å². The van der Waals surface area contributed by atoms with Gasteiger partial charge in [-0.15, -0.1) is 12.4 Å². The van der Waals surface area contributed by atoms with Crippen LogP contribution in [-0.4, -0.2) is 49.2 Å². The van der Waals surface area contributed by atoms with Crippen molar-refractivity contribution in [2.24, 2.45) is 5.92 Å². The Hall–Kier alpha value is -0.320. The maximum absolute atomic E-state index is 11.9. The number of nitrogens with zero attached hydrogens (tertiary/aromatic N) is 1. The molecule has 2 saturated heterocycles. The lowest BCUT2D eigenvalue weighted by molar-refractivity contribution is -0.150. The van der Waals surface area contributed by atoms with Crippen molar-refractivity contribution in [2.75, 3.05) is 26.2 Å². The number of nitrogens with one attached hydrogen (secondary N) is 1. The minimum Gasteiger partial charge on any atom is -0.465 e. The molecule has 0 aliphatic carbocycles. The van der Waals surface area contributed by atoms with Crippen molar-refractivity contribution in [2.45, 2.75) is 45.2 Å². The highest BCUT2D eigenvalue weighted by Gasteiger charge is 2.36. The maximum atomic E-state index is 11.9. The van der Waals surface area contributed by atoms with Gasteiger partial charge in [-0.2, -0.15) is 0 Å². The van der Waals surface area contributed by atoms with Crippen LogP contribution in [0.15, 0.2) is 0 Å². The van der Waals surface area contributed by atoms with Crippen molar-refractivity contribution < 1.29 is 9.53 Å². The highest BCUT2D eigenvalue weighted by Crippen LogP contribution is 2.26. The molecule has 1 N–H and O–H groups in total. The molecular weight excluding hydrogens is 252 g/mol. The topological polar surface area (TPSA) is 41.6 Å². The summed E-state index contributed by atoms with van der Waals surface area (Å²) >= 11 is 0. The Kier molecular flexibility index (Phi) is 6.39. The van der Waals surface area contributed by atoms with E-state index < -0.39 is 0 Å². The number of carbonyl (C=O) groups excluding carboxylic acids is 1. The van der Waals surface area contributed by atoms with Gasteiger partial charge in [-0.1, -0.05) is 6.92 Å². The van der Waals surface area contributed by atoms with Crippen LogP contribution in [0.2, 0.25) is 0 Å². The van der Waals surface area contributed by atoms with E-state index in [-0.39, 0.29) is 24.4 Å². The van der Waals surface area contributed by atoms with Crippen LogP contribution in [0.4, 0.5) is 0 Å². The van der Waals surface area contributed by atoms with E-state index in [0.29, 0.717) is 12.6 Å². The van der Waals surface area contributed by atoms with Gasteiger partial charge < -0.3 is 10.1 Å². The Morgan fingerprint density at radius 2 is 2.22 bits per heavy atom. The van der Waals surface area contributed by atoms with Gasteiger partial charge in [0.05, 0.1) is 6.61 Å². The maximum Gasteiger partial charge on any atom is 0.323 e. The summed E-state index contributed by atoms with van der Waals surface area (Å²) in [5, 5.41) is 3.55. The molecule has 0 saturated carbocycles. The number of hydrogen-bond acceptors (Lipinski definition) is 4. The van der Waals surface area contributed by atoms with Gasteiger partial charge in [0.25, 0.3) is 0 Å². The number of esters is 1. The summed E-state index contributed by atoms with van der Waals surface area (Å²) in [7, 11) is 0.